The Labute approximate surface area is 202 Å². The first-order valence-electron chi connectivity index (χ1n) is 11.1. The summed E-state index contributed by atoms with van der Waals surface area (Å²) in [6.07, 6.45) is 8.32. The number of piperazine rings is 1. The Morgan fingerprint density at radius 2 is 2.09 bits per heavy atom. The predicted molar refractivity (Wildman–Crippen MR) is 134 cm³/mol. The molecule has 1 atom stereocenters. The summed E-state index contributed by atoms with van der Waals surface area (Å²) >= 11 is 8.67. The zero-order valence-electron chi connectivity index (χ0n) is 18.2. The monoisotopic (exact) mass is 491 g/mol. The molecule has 3 heterocycles. The fraction of sp³-hybridized carbons (Fsp3) is 0.545. The fourth-order valence-electron chi connectivity index (χ4n) is 4.53. The van der Waals surface area contributed by atoms with Crippen LogP contribution in [0.2, 0.25) is 0 Å². The molecule has 1 N–H and O–H groups in total. The van der Waals surface area contributed by atoms with Crippen molar-refractivity contribution in [3.8, 4) is 0 Å². The van der Waals surface area contributed by atoms with Gasteiger partial charge in [-0.3, -0.25) is 9.59 Å². The van der Waals surface area contributed by atoms with Crippen molar-refractivity contribution in [2.45, 2.75) is 44.6 Å². The van der Waals surface area contributed by atoms with Crippen LogP contribution in [0.1, 0.15) is 38.5 Å². The van der Waals surface area contributed by atoms with E-state index in [-0.39, 0.29) is 18.4 Å². The van der Waals surface area contributed by atoms with Gasteiger partial charge in [-0.25, -0.2) is 4.98 Å². The lowest BCUT2D eigenvalue weighted by atomic mass is 9.84. The van der Waals surface area contributed by atoms with E-state index < -0.39 is 6.04 Å². The molecule has 32 heavy (non-hydrogen) atoms. The molecule has 1 aliphatic carbocycles. The van der Waals surface area contributed by atoms with Crippen molar-refractivity contribution in [2.75, 3.05) is 36.9 Å². The third kappa shape index (κ3) is 5.47. The number of hydrogen-bond acceptors (Lipinski definition) is 6. The van der Waals surface area contributed by atoms with E-state index in [0.717, 1.165) is 17.8 Å². The van der Waals surface area contributed by atoms with Gasteiger partial charge in [0.2, 0.25) is 11.8 Å². The van der Waals surface area contributed by atoms with Gasteiger partial charge in [-0.2, -0.15) is 0 Å². The highest BCUT2D eigenvalue weighted by atomic mass is 32.1. The molecule has 7 nitrogen and oxygen atoms in total. The van der Waals surface area contributed by atoms with Crippen LogP contribution in [-0.2, 0) is 9.59 Å². The van der Waals surface area contributed by atoms with Gasteiger partial charge in [0.25, 0.3) is 0 Å². The molecule has 4 rings (SSSR count). The molecule has 2 fully saturated rings. The molecule has 1 saturated heterocycles. The molecule has 0 radical (unpaired) electrons. The van der Waals surface area contributed by atoms with E-state index in [1.54, 1.807) is 22.4 Å². The van der Waals surface area contributed by atoms with Crippen LogP contribution < -0.4 is 10.2 Å². The van der Waals surface area contributed by atoms with Gasteiger partial charge >= 0.3 is 0 Å². The van der Waals surface area contributed by atoms with Crippen molar-refractivity contribution in [2.24, 2.45) is 5.92 Å². The molecule has 2 aliphatic rings. The minimum atomic E-state index is -0.472. The van der Waals surface area contributed by atoms with E-state index in [4.69, 9.17) is 12.2 Å². The molecule has 10 heteroatoms. The average Bonchev–Trinajstić information content (AvgIpc) is 3.52. The molecule has 0 spiro atoms. The summed E-state index contributed by atoms with van der Waals surface area (Å²) in [7, 11) is 1.93. The summed E-state index contributed by atoms with van der Waals surface area (Å²) < 4.78 is 0. The maximum absolute atomic E-state index is 13.2. The molecule has 1 aliphatic heterocycles. The first kappa shape index (κ1) is 23.1. The van der Waals surface area contributed by atoms with Gasteiger partial charge in [0.15, 0.2) is 10.2 Å². The lowest BCUT2D eigenvalue weighted by Crippen LogP contribution is -2.59. The number of anilines is 2. The highest BCUT2D eigenvalue weighted by Crippen LogP contribution is 2.30. The number of carbonyl (C=O) groups excluding carboxylic acids is 2. The topological polar surface area (TPSA) is 68.8 Å². The normalized spacial score (nSPS) is 18.5. The van der Waals surface area contributed by atoms with Gasteiger partial charge in [0, 0.05) is 31.7 Å². The number of nitrogens with zero attached hydrogens (tertiary/aromatic N) is 4. The standard InChI is InChI=1S/C22H29N5O2S3/c1-25(19-8-5-12-31-19)22(30)26-10-11-27(18(28)15-26)17(14-16-6-3-2-4-7-16)20(29)24-21-23-9-13-32-21/h5,8-9,12-13,16-17H,2-4,6-7,10-11,14-15H2,1H3,(H,23,24,29)/t17-/m0/s1. The minimum absolute atomic E-state index is 0.0479. The minimum Gasteiger partial charge on any atom is -0.338 e. The van der Waals surface area contributed by atoms with Crippen molar-refractivity contribution >= 4 is 62.0 Å². The molecule has 0 unspecified atom stereocenters. The lowest BCUT2D eigenvalue weighted by molar-refractivity contribution is -0.142. The van der Waals surface area contributed by atoms with Gasteiger partial charge in [-0.15, -0.1) is 22.7 Å². The number of thiophene rings is 1. The Bertz CT molecular complexity index is 912. The summed E-state index contributed by atoms with van der Waals surface area (Å²) in [5.41, 5.74) is 0. The Morgan fingerprint density at radius 3 is 2.75 bits per heavy atom. The zero-order chi connectivity index (χ0) is 22.5. The lowest BCUT2D eigenvalue weighted by Gasteiger charge is -2.41. The average molecular weight is 492 g/mol. The Balaban J connectivity index is 1.44. The first-order chi connectivity index (χ1) is 15.5. The number of aromatic nitrogens is 1. The summed E-state index contributed by atoms with van der Waals surface area (Å²) in [6.45, 7) is 1.30. The maximum Gasteiger partial charge on any atom is 0.248 e. The number of nitrogens with one attached hydrogen (secondary N) is 1. The molecule has 0 bridgehead atoms. The van der Waals surface area contributed by atoms with Crippen molar-refractivity contribution < 1.29 is 9.59 Å². The quantitative estimate of drug-likeness (QED) is 0.615. The smallest absolute Gasteiger partial charge is 0.248 e. The van der Waals surface area contributed by atoms with Crippen LogP contribution in [0, 0.1) is 5.92 Å². The van der Waals surface area contributed by atoms with Crippen LogP contribution in [-0.4, -0.2) is 64.4 Å². The Hall–Kier alpha value is -2.04. The number of thiazole rings is 1. The van der Waals surface area contributed by atoms with Crippen molar-refractivity contribution in [3.05, 3.63) is 29.1 Å². The molecule has 0 aromatic carbocycles. The van der Waals surface area contributed by atoms with E-state index in [1.165, 1.54) is 30.6 Å². The third-order valence-corrected chi connectivity index (χ3v) is 8.44. The Morgan fingerprint density at radius 1 is 1.28 bits per heavy atom. The van der Waals surface area contributed by atoms with E-state index in [2.05, 4.69) is 10.3 Å². The largest absolute Gasteiger partial charge is 0.338 e. The van der Waals surface area contributed by atoms with E-state index in [9.17, 15) is 9.59 Å². The van der Waals surface area contributed by atoms with Crippen LogP contribution in [0.4, 0.5) is 10.1 Å². The molecule has 2 amide bonds. The van der Waals surface area contributed by atoms with Crippen molar-refractivity contribution in [1.82, 2.24) is 14.8 Å². The van der Waals surface area contributed by atoms with Gasteiger partial charge in [-0.1, -0.05) is 32.1 Å². The number of rotatable bonds is 6. The molecule has 1 saturated carbocycles. The highest BCUT2D eigenvalue weighted by Gasteiger charge is 2.37. The van der Waals surface area contributed by atoms with Crippen LogP contribution in [0.15, 0.2) is 29.1 Å². The van der Waals surface area contributed by atoms with Crippen LogP contribution in [0.3, 0.4) is 0 Å². The van der Waals surface area contributed by atoms with E-state index >= 15 is 0 Å². The molecule has 2 aromatic heterocycles. The summed E-state index contributed by atoms with van der Waals surface area (Å²) in [5, 5.41) is 9.03. The molecule has 172 valence electrons. The second-order valence-corrected chi connectivity index (χ2v) is 10.6. The van der Waals surface area contributed by atoms with Gasteiger partial charge in [-0.05, 0) is 42.1 Å². The van der Waals surface area contributed by atoms with Crippen molar-refractivity contribution in [1.29, 1.82) is 0 Å². The summed E-state index contributed by atoms with van der Waals surface area (Å²) in [6, 6.07) is 3.53. The second-order valence-electron chi connectivity index (χ2n) is 8.38. The molecular weight excluding hydrogens is 462 g/mol. The van der Waals surface area contributed by atoms with Crippen LogP contribution in [0.5, 0.6) is 0 Å². The van der Waals surface area contributed by atoms with E-state index in [1.807, 2.05) is 39.7 Å². The molecular formula is C22H29N5O2S3. The van der Waals surface area contributed by atoms with E-state index in [0.29, 0.717) is 35.7 Å². The number of hydrogen-bond donors (Lipinski definition) is 1. The SMILES string of the molecule is CN(C(=S)N1CCN([C@@H](CC2CCCCC2)C(=O)Nc2nccs2)C(=O)C1)c1cccs1. The van der Waals surface area contributed by atoms with Gasteiger partial charge in [0.05, 0.1) is 11.5 Å². The van der Waals surface area contributed by atoms with Crippen LogP contribution in [0.25, 0.3) is 0 Å². The third-order valence-electron chi connectivity index (χ3n) is 6.27. The predicted octanol–water partition coefficient (Wildman–Crippen LogP) is 4.05. The number of amides is 2. The number of thiocarbonyl (C=S) groups is 1. The van der Waals surface area contributed by atoms with Crippen molar-refractivity contribution in [3.63, 3.8) is 0 Å². The molecule has 2 aromatic rings. The Kier molecular flexibility index (Phi) is 7.75. The maximum atomic E-state index is 13.2. The van der Waals surface area contributed by atoms with Gasteiger partial charge in [0.1, 0.15) is 6.04 Å². The van der Waals surface area contributed by atoms with Gasteiger partial charge < -0.3 is 20.0 Å². The zero-order valence-corrected chi connectivity index (χ0v) is 20.7. The second kappa shape index (κ2) is 10.7. The number of carbonyl (C=O) groups is 2. The summed E-state index contributed by atoms with van der Waals surface area (Å²) in [5.74, 6) is 0.298. The highest BCUT2D eigenvalue weighted by molar-refractivity contribution is 7.80. The summed E-state index contributed by atoms with van der Waals surface area (Å²) in [4.78, 5) is 36.3. The fourth-order valence-corrected chi connectivity index (χ4v) is 6.08. The van der Waals surface area contributed by atoms with Crippen LogP contribution >= 0.6 is 34.9 Å². The first-order valence-corrected chi connectivity index (χ1v) is 13.3.